The predicted molar refractivity (Wildman–Crippen MR) is 96.4 cm³/mol. The van der Waals surface area contributed by atoms with E-state index in [-0.39, 0.29) is 30.6 Å². The number of aromatic nitrogens is 3. The van der Waals surface area contributed by atoms with Crippen molar-refractivity contribution in [2.24, 2.45) is 5.92 Å². The highest BCUT2D eigenvalue weighted by molar-refractivity contribution is 7.12. The average Bonchev–Trinajstić information content (AvgIpc) is 3.31. The van der Waals surface area contributed by atoms with Crippen LogP contribution in [0.1, 0.15) is 61.1 Å². The first-order valence-corrected chi connectivity index (χ1v) is 9.68. The van der Waals surface area contributed by atoms with Gasteiger partial charge in [0.25, 0.3) is 0 Å². The third-order valence-corrected chi connectivity index (χ3v) is 5.35. The molecule has 1 saturated heterocycles. The number of carbonyl (C=O) groups is 2. The van der Waals surface area contributed by atoms with Gasteiger partial charge in [-0.15, -0.1) is 21.5 Å². The van der Waals surface area contributed by atoms with Gasteiger partial charge in [0.2, 0.25) is 5.91 Å². The number of rotatable bonds is 7. The third-order valence-electron chi connectivity index (χ3n) is 4.44. The average molecular weight is 360 g/mol. The van der Waals surface area contributed by atoms with Gasteiger partial charge >= 0.3 is 0 Å². The van der Waals surface area contributed by atoms with E-state index in [0.717, 1.165) is 36.6 Å². The molecule has 0 spiro atoms. The van der Waals surface area contributed by atoms with Crippen LogP contribution < -0.4 is 0 Å². The third kappa shape index (κ3) is 4.15. The molecule has 1 fully saturated rings. The molecule has 25 heavy (non-hydrogen) atoms. The van der Waals surface area contributed by atoms with Crippen LogP contribution in [0.2, 0.25) is 0 Å². The first-order chi connectivity index (χ1) is 12.1. The van der Waals surface area contributed by atoms with Gasteiger partial charge in [0.1, 0.15) is 6.33 Å². The molecule has 0 radical (unpaired) electrons. The monoisotopic (exact) mass is 360 g/mol. The summed E-state index contributed by atoms with van der Waals surface area (Å²) in [6.45, 7) is 5.87. The van der Waals surface area contributed by atoms with E-state index in [1.807, 2.05) is 22.4 Å². The fraction of sp³-hybridized carbons (Fsp3) is 0.556. The molecule has 1 unspecified atom stereocenters. The lowest BCUT2D eigenvalue weighted by Crippen LogP contribution is -2.32. The lowest BCUT2D eigenvalue weighted by Gasteiger charge is -2.24. The van der Waals surface area contributed by atoms with E-state index in [0.29, 0.717) is 5.92 Å². The van der Waals surface area contributed by atoms with Crippen molar-refractivity contribution in [2.45, 2.75) is 52.1 Å². The highest BCUT2D eigenvalue weighted by Gasteiger charge is 2.33. The van der Waals surface area contributed by atoms with Gasteiger partial charge in [0.15, 0.2) is 11.6 Å². The summed E-state index contributed by atoms with van der Waals surface area (Å²) in [5, 5.41) is 10.2. The maximum atomic E-state index is 12.7. The number of nitrogens with zero attached hydrogens (tertiary/aromatic N) is 4. The highest BCUT2D eigenvalue weighted by atomic mass is 32.1. The number of carbonyl (C=O) groups excluding carboxylic acids is 2. The minimum Gasteiger partial charge on any atom is -0.332 e. The molecule has 3 rings (SSSR count). The number of amides is 1. The van der Waals surface area contributed by atoms with Gasteiger partial charge in [0, 0.05) is 25.9 Å². The zero-order valence-electron chi connectivity index (χ0n) is 14.7. The second-order valence-electron chi connectivity index (χ2n) is 6.88. The maximum Gasteiger partial charge on any atom is 0.223 e. The maximum absolute atomic E-state index is 12.7. The van der Waals surface area contributed by atoms with Crippen LogP contribution >= 0.6 is 11.3 Å². The summed E-state index contributed by atoms with van der Waals surface area (Å²) in [5.41, 5.74) is 0. The number of likely N-dealkylation sites (tertiary alicyclic amines) is 1. The molecule has 2 aromatic heterocycles. The van der Waals surface area contributed by atoms with Gasteiger partial charge in [-0.25, -0.2) is 0 Å². The summed E-state index contributed by atoms with van der Waals surface area (Å²) < 4.78 is 2.05. The summed E-state index contributed by atoms with van der Waals surface area (Å²) in [6.07, 6.45) is 4.13. The fourth-order valence-corrected chi connectivity index (χ4v) is 4.01. The Bertz CT molecular complexity index is 723. The van der Waals surface area contributed by atoms with E-state index in [1.165, 1.54) is 11.3 Å². The molecule has 3 heterocycles. The summed E-state index contributed by atoms with van der Waals surface area (Å²) in [4.78, 5) is 27.4. The Hall–Kier alpha value is -2.02. The van der Waals surface area contributed by atoms with Crippen molar-refractivity contribution in [1.82, 2.24) is 19.7 Å². The lowest BCUT2D eigenvalue weighted by atomic mass is 10.1. The Kier molecular flexibility index (Phi) is 5.63. The van der Waals surface area contributed by atoms with Crippen molar-refractivity contribution in [3.63, 3.8) is 0 Å². The van der Waals surface area contributed by atoms with Crippen LogP contribution in [-0.2, 0) is 11.3 Å². The minimum absolute atomic E-state index is 0.0226. The quantitative estimate of drug-likeness (QED) is 0.710. The van der Waals surface area contributed by atoms with Crippen LogP contribution in [0.5, 0.6) is 0 Å². The molecule has 2 aromatic rings. The van der Waals surface area contributed by atoms with Crippen molar-refractivity contribution in [2.75, 3.05) is 6.54 Å². The lowest BCUT2D eigenvalue weighted by molar-refractivity contribution is -0.132. The Morgan fingerprint density at radius 2 is 2.20 bits per heavy atom. The van der Waals surface area contributed by atoms with E-state index in [9.17, 15) is 9.59 Å². The molecule has 1 amide bonds. The molecule has 0 bridgehead atoms. The zero-order valence-corrected chi connectivity index (χ0v) is 15.5. The molecular formula is C18H24N4O2S. The van der Waals surface area contributed by atoms with Gasteiger partial charge in [0.05, 0.1) is 10.9 Å². The van der Waals surface area contributed by atoms with Crippen molar-refractivity contribution < 1.29 is 9.59 Å². The fourth-order valence-electron chi connectivity index (χ4n) is 3.31. The SMILES string of the molecule is CC(C)Cn1cnnc1C1CCCN1C(=O)CCC(=O)c1cccs1. The minimum atomic E-state index is -0.0226. The number of hydrogen-bond acceptors (Lipinski definition) is 5. The molecular weight excluding hydrogens is 336 g/mol. The molecule has 0 saturated carbocycles. The Balaban J connectivity index is 1.64. The van der Waals surface area contributed by atoms with Crippen LogP contribution in [-0.4, -0.2) is 37.9 Å². The van der Waals surface area contributed by atoms with Crippen LogP contribution in [0.25, 0.3) is 0 Å². The van der Waals surface area contributed by atoms with Gasteiger partial charge in [-0.2, -0.15) is 0 Å². The molecule has 6 nitrogen and oxygen atoms in total. The van der Waals surface area contributed by atoms with Crippen molar-refractivity contribution in [1.29, 1.82) is 0 Å². The molecule has 1 aliphatic rings. The standard InChI is InChI=1S/C18H24N4O2S/c1-13(2)11-21-12-19-20-18(21)14-5-3-9-22(14)17(24)8-7-15(23)16-6-4-10-25-16/h4,6,10,12-14H,3,5,7-9,11H2,1-2H3. The smallest absolute Gasteiger partial charge is 0.223 e. The van der Waals surface area contributed by atoms with Gasteiger partial charge in [-0.3, -0.25) is 9.59 Å². The van der Waals surface area contributed by atoms with Crippen LogP contribution in [0.3, 0.4) is 0 Å². The first-order valence-electron chi connectivity index (χ1n) is 8.80. The molecule has 0 N–H and O–H groups in total. The van der Waals surface area contributed by atoms with Gasteiger partial charge in [-0.1, -0.05) is 19.9 Å². The summed E-state index contributed by atoms with van der Waals surface area (Å²) >= 11 is 1.43. The molecule has 0 aliphatic carbocycles. The van der Waals surface area contributed by atoms with E-state index >= 15 is 0 Å². The first kappa shape index (κ1) is 17.8. The summed E-state index contributed by atoms with van der Waals surface area (Å²) in [5.74, 6) is 1.43. The summed E-state index contributed by atoms with van der Waals surface area (Å²) in [6, 6.07) is 3.65. The molecule has 134 valence electrons. The largest absolute Gasteiger partial charge is 0.332 e. The van der Waals surface area contributed by atoms with Crippen LogP contribution in [0, 0.1) is 5.92 Å². The topological polar surface area (TPSA) is 68.1 Å². The Morgan fingerprint density at radius 1 is 1.36 bits per heavy atom. The van der Waals surface area contributed by atoms with Crippen molar-refractivity contribution >= 4 is 23.0 Å². The zero-order chi connectivity index (χ0) is 17.8. The highest BCUT2D eigenvalue weighted by Crippen LogP contribution is 2.31. The Labute approximate surface area is 151 Å². The van der Waals surface area contributed by atoms with Crippen molar-refractivity contribution in [3.8, 4) is 0 Å². The van der Waals surface area contributed by atoms with Gasteiger partial charge in [-0.05, 0) is 30.2 Å². The number of hydrogen-bond donors (Lipinski definition) is 0. The normalized spacial score (nSPS) is 17.4. The number of Topliss-reactive ketones (excluding diaryl/α,β-unsaturated/α-hetero) is 1. The van der Waals surface area contributed by atoms with Crippen molar-refractivity contribution in [3.05, 3.63) is 34.5 Å². The predicted octanol–water partition coefficient (Wildman–Crippen LogP) is 3.32. The van der Waals surface area contributed by atoms with Crippen LogP contribution in [0.15, 0.2) is 23.8 Å². The molecule has 1 aliphatic heterocycles. The van der Waals surface area contributed by atoms with Gasteiger partial charge < -0.3 is 9.47 Å². The van der Waals surface area contributed by atoms with E-state index in [2.05, 4.69) is 28.6 Å². The summed E-state index contributed by atoms with van der Waals surface area (Å²) in [7, 11) is 0. The van der Waals surface area contributed by atoms with E-state index < -0.39 is 0 Å². The van der Waals surface area contributed by atoms with E-state index in [1.54, 1.807) is 6.33 Å². The molecule has 7 heteroatoms. The number of ketones is 1. The second kappa shape index (κ2) is 7.91. The van der Waals surface area contributed by atoms with Crippen LogP contribution in [0.4, 0.5) is 0 Å². The molecule has 0 aromatic carbocycles. The Morgan fingerprint density at radius 3 is 2.92 bits per heavy atom. The second-order valence-corrected chi connectivity index (χ2v) is 7.83. The number of thiophene rings is 1. The molecule has 1 atom stereocenters. The van der Waals surface area contributed by atoms with E-state index in [4.69, 9.17) is 0 Å².